The number of nitrogens with zero attached hydrogens (tertiary/aromatic N) is 3. The number of ether oxygens (including phenoxy) is 1. The molecule has 2 aliphatic heterocycles. The highest BCUT2D eigenvalue weighted by Gasteiger charge is 2.33. The van der Waals surface area contributed by atoms with Crippen molar-refractivity contribution in [2.45, 2.75) is 19.4 Å². The van der Waals surface area contributed by atoms with Gasteiger partial charge in [0.25, 0.3) is 0 Å². The zero-order valence-electron chi connectivity index (χ0n) is 12.7. The molecule has 120 valence electrons. The fraction of sp³-hybridized carbons (Fsp3) is 0.643. The molecule has 3 rings (SSSR count). The van der Waals surface area contributed by atoms with E-state index >= 15 is 0 Å². The Morgan fingerprint density at radius 1 is 1.32 bits per heavy atom. The summed E-state index contributed by atoms with van der Waals surface area (Å²) in [5, 5.41) is 3.23. The van der Waals surface area contributed by atoms with E-state index in [2.05, 4.69) is 15.3 Å². The van der Waals surface area contributed by atoms with Crippen LogP contribution < -0.4 is 5.32 Å². The molecule has 0 saturated carbocycles. The molecule has 3 heterocycles. The van der Waals surface area contributed by atoms with E-state index in [0.717, 1.165) is 24.4 Å². The monoisotopic (exact) mass is 307 g/mol. The summed E-state index contributed by atoms with van der Waals surface area (Å²) in [7, 11) is 0. The topological polar surface area (TPSA) is 90.6 Å². The van der Waals surface area contributed by atoms with Gasteiger partial charge in [-0.1, -0.05) is 0 Å². The van der Waals surface area contributed by atoms with E-state index in [1.807, 2.05) is 0 Å². The summed E-state index contributed by atoms with van der Waals surface area (Å²) in [6.07, 6.45) is 2.19. The van der Waals surface area contributed by atoms with Crippen molar-refractivity contribution in [3.05, 3.63) is 17.7 Å². The molecule has 1 fully saturated rings. The van der Waals surface area contributed by atoms with Crippen molar-refractivity contribution in [3.8, 4) is 0 Å². The van der Waals surface area contributed by atoms with E-state index in [9.17, 15) is 9.59 Å². The van der Waals surface area contributed by atoms with Crippen LogP contribution in [-0.2, 0) is 16.0 Å². The molecule has 2 N–H and O–H groups in total. The molecule has 0 aliphatic carbocycles. The van der Waals surface area contributed by atoms with Crippen LogP contribution in [-0.4, -0.2) is 71.1 Å². The molecule has 0 spiro atoms. The standard InChI is InChI=1S/C14H21N5O3/c1-2-22-14(21)19-7-5-18(6-8-19)13(20)12-11-10(3-4-15-12)16-9-17-11/h9,12,15H,2-8H2,1H3,(H,16,17)/t12-/m0/s1. The van der Waals surface area contributed by atoms with Crippen LogP contribution >= 0.6 is 0 Å². The van der Waals surface area contributed by atoms with Gasteiger partial charge in [-0.15, -0.1) is 0 Å². The Kier molecular flexibility index (Phi) is 4.28. The van der Waals surface area contributed by atoms with Crippen molar-refractivity contribution < 1.29 is 14.3 Å². The Bertz CT molecular complexity index is 550. The van der Waals surface area contributed by atoms with E-state index in [1.54, 1.807) is 23.1 Å². The van der Waals surface area contributed by atoms with Crippen molar-refractivity contribution in [3.63, 3.8) is 0 Å². The van der Waals surface area contributed by atoms with E-state index < -0.39 is 0 Å². The second kappa shape index (κ2) is 6.35. The molecule has 1 saturated heterocycles. The lowest BCUT2D eigenvalue weighted by Crippen LogP contribution is -2.53. The summed E-state index contributed by atoms with van der Waals surface area (Å²) in [6, 6.07) is -0.385. The molecular weight excluding hydrogens is 286 g/mol. The van der Waals surface area contributed by atoms with Gasteiger partial charge < -0.3 is 24.8 Å². The number of amides is 2. The molecule has 8 nitrogen and oxygen atoms in total. The van der Waals surface area contributed by atoms with Crippen LogP contribution in [0, 0.1) is 0 Å². The number of aromatic amines is 1. The summed E-state index contributed by atoms with van der Waals surface area (Å²) in [5.41, 5.74) is 1.83. The molecule has 1 aromatic heterocycles. The van der Waals surface area contributed by atoms with E-state index in [0.29, 0.717) is 32.8 Å². The fourth-order valence-corrected chi connectivity index (χ4v) is 2.93. The predicted octanol–water partition coefficient (Wildman–Crippen LogP) is -0.103. The number of hydrogen-bond donors (Lipinski definition) is 2. The van der Waals surface area contributed by atoms with Crippen LogP contribution in [0.4, 0.5) is 4.79 Å². The number of aromatic nitrogens is 2. The third-order valence-corrected chi connectivity index (χ3v) is 4.11. The van der Waals surface area contributed by atoms with Crippen LogP contribution in [0.3, 0.4) is 0 Å². The van der Waals surface area contributed by atoms with Gasteiger partial charge in [-0.25, -0.2) is 9.78 Å². The maximum Gasteiger partial charge on any atom is 0.409 e. The molecule has 1 aromatic rings. The van der Waals surface area contributed by atoms with Crippen molar-refractivity contribution in [1.82, 2.24) is 25.1 Å². The zero-order chi connectivity index (χ0) is 15.5. The Labute approximate surface area is 128 Å². The average molecular weight is 307 g/mol. The van der Waals surface area contributed by atoms with Crippen molar-refractivity contribution in [2.24, 2.45) is 0 Å². The minimum absolute atomic E-state index is 0.0246. The summed E-state index contributed by atoms with van der Waals surface area (Å²) in [4.78, 5) is 35.2. The number of imidazole rings is 1. The molecule has 0 aromatic carbocycles. The summed E-state index contributed by atoms with van der Waals surface area (Å²) >= 11 is 0. The minimum atomic E-state index is -0.385. The smallest absolute Gasteiger partial charge is 0.409 e. The lowest BCUT2D eigenvalue weighted by Gasteiger charge is -2.36. The molecule has 0 bridgehead atoms. The SMILES string of the molecule is CCOC(=O)N1CCN(C(=O)[C@H]2NCCc3[nH]cnc32)CC1. The number of fused-ring (bicyclic) bond motifs is 1. The Morgan fingerprint density at radius 2 is 2.05 bits per heavy atom. The van der Waals surface area contributed by atoms with Crippen LogP contribution in [0.25, 0.3) is 0 Å². The number of carbonyl (C=O) groups is 2. The Balaban J connectivity index is 1.60. The van der Waals surface area contributed by atoms with Gasteiger partial charge in [0.1, 0.15) is 6.04 Å². The van der Waals surface area contributed by atoms with E-state index in [-0.39, 0.29) is 18.0 Å². The summed E-state index contributed by atoms with van der Waals surface area (Å²) in [6.45, 7) is 4.97. The van der Waals surface area contributed by atoms with Gasteiger partial charge >= 0.3 is 6.09 Å². The van der Waals surface area contributed by atoms with Gasteiger partial charge in [-0.2, -0.15) is 0 Å². The van der Waals surface area contributed by atoms with Crippen LogP contribution in [0.2, 0.25) is 0 Å². The quantitative estimate of drug-likeness (QED) is 0.796. The lowest BCUT2D eigenvalue weighted by molar-refractivity contribution is -0.135. The molecule has 0 radical (unpaired) electrons. The van der Waals surface area contributed by atoms with Gasteiger partial charge in [0.05, 0.1) is 18.6 Å². The third kappa shape index (κ3) is 2.78. The first-order valence-electron chi connectivity index (χ1n) is 7.66. The normalized spacial score (nSPS) is 21.4. The van der Waals surface area contributed by atoms with E-state index in [1.165, 1.54) is 0 Å². The minimum Gasteiger partial charge on any atom is -0.450 e. The first-order valence-corrected chi connectivity index (χ1v) is 7.66. The number of nitrogens with one attached hydrogen (secondary N) is 2. The number of rotatable bonds is 2. The molecule has 22 heavy (non-hydrogen) atoms. The zero-order valence-corrected chi connectivity index (χ0v) is 12.7. The fourth-order valence-electron chi connectivity index (χ4n) is 2.93. The number of piperazine rings is 1. The van der Waals surface area contributed by atoms with Gasteiger partial charge in [-0.3, -0.25) is 4.79 Å². The number of H-pyrrole nitrogens is 1. The molecule has 1 atom stereocenters. The number of hydrogen-bond acceptors (Lipinski definition) is 5. The van der Waals surface area contributed by atoms with Crippen molar-refractivity contribution in [2.75, 3.05) is 39.3 Å². The highest BCUT2D eigenvalue weighted by Crippen LogP contribution is 2.22. The first kappa shape index (κ1) is 14.8. The maximum absolute atomic E-state index is 12.7. The average Bonchev–Trinajstić information content (AvgIpc) is 3.03. The Hall–Kier alpha value is -2.09. The lowest BCUT2D eigenvalue weighted by atomic mass is 10.0. The maximum atomic E-state index is 12.7. The highest BCUT2D eigenvalue weighted by atomic mass is 16.6. The van der Waals surface area contributed by atoms with Gasteiger partial charge in [-0.05, 0) is 6.92 Å². The molecule has 2 aliphatic rings. The van der Waals surface area contributed by atoms with Crippen LogP contribution in [0.1, 0.15) is 24.4 Å². The number of carbonyl (C=O) groups excluding carboxylic acids is 2. The van der Waals surface area contributed by atoms with Crippen LogP contribution in [0.15, 0.2) is 6.33 Å². The van der Waals surface area contributed by atoms with Gasteiger partial charge in [0.2, 0.25) is 5.91 Å². The third-order valence-electron chi connectivity index (χ3n) is 4.11. The second-order valence-electron chi connectivity index (χ2n) is 5.41. The second-order valence-corrected chi connectivity index (χ2v) is 5.41. The Morgan fingerprint density at radius 3 is 2.77 bits per heavy atom. The summed E-state index contributed by atoms with van der Waals surface area (Å²) < 4.78 is 4.99. The van der Waals surface area contributed by atoms with Gasteiger partial charge in [0, 0.05) is 44.8 Å². The summed E-state index contributed by atoms with van der Waals surface area (Å²) in [5.74, 6) is 0.0246. The molecule has 2 amide bonds. The van der Waals surface area contributed by atoms with E-state index in [4.69, 9.17) is 4.74 Å². The predicted molar refractivity (Wildman–Crippen MR) is 78.2 cm³/mol. The largest absolute Gasteiger partial charge is 0.450 e. The molecule has 8 heteroatoms. The molecule has 0 unspecified atom stereocenters. The van der Waals surface area contributed by atoms with Crippen molar-refractivity contribution >= 4 is 12.0 Å². The van der Waals surface area contributed by atoms with Crippen molar-refractivity contribution in [1.29, 1.82) is 0 Å². The first-order chi connectivity index (χ1) is 10.7. The molecular formula is C14H21N5O3. The van der Waals surface area contributed by atoms with Crippen LogP contribution in [0.5, 0.6) is 0 Å². The van der Waals surface area contributed by atoms with Gasteiger partial charge in [0.15, 0.2) is 0 Å². The highest BCUT2D eigenvalue weighted by molar-refractivity contribution is 5.83.